The van der Waals surface area contributed by atoms with Gasteiger partial charge in [0.2, 0.25) is 0 Å². The summed E-state index contributed by atoms with van der Waals surface area (Å²) in [5, 5.41) is 27.8. The third-order valence-electron chi connectivity index (χ3n) is 2.19. The Morgan fingerprint density at radius 1 is 0.792 bits per heavy atom. The molecule has 2 rings (SSSR count). The van der Waals surface area contributed by atoms with Gasteiger partial charge in [-0.1, -0.05) is 60.7 Å². The molecule has 2 aromatic rings. The maximum absolute atomic E-state index is 10.1. The van der Waals surface area contributed by atoms with Crippen molar-refractivity contribution in [1.82, 2.24) is 0 Å². The zero-order valence-electron chi connectivity index (χ0n) is 12.8. The first-order chi connectivity index (χ1) is 10.9. The molecule has 0 heterocycles. The second-order valence-electron chi connectivity index (χ2n) is 3.90. The fourth-order valence-corrected chi connectivity index (χ4v) is 1.15. The third kappa shape index (κ3) is 12.6. The first kappa shape index (κ1) is 24.3. The van der Waals surface area contributed by atoms with Crippen molar-refractivity contribution in [3.8, 4) is 0 Å². The molecule has 122 valence electrons. The Morgan fingerprint density at radius 2 is 1.04 bits per heavy atom. The Balaban J connectivity index is 0. The average molecular weight is 357 g/mol. The van der Waals surface area contributed by atoms with Gasteiger partial charge in [0.1, 0.15) is 0 Å². The van der Waals surface area contributed by atoms with Crippen molar-refractivity contribution < 1.29 is 29.7 Å². The Bertz CT molecular complexity index is 569. The van der Waals surface area contributed by atoms with Crippen molar-refractivity contribution >= 4 is 55.6 Å². The van der Waals surface area contributed by atoms with Crippen molar-refractivity contribution in [3.05, 3.63) is 71.8 Å². The predicted molar refractivity (Wildman–Crippen MR) is 84.0 cm³/mol. The molecule has 0 bridgehead atoms. The number of hydrogen-bond donors (Lipinski definition) is 2. The fourth-order valence-electron chi connectivity index (χ4n) is 1.15. The van der Waals surface area contributed by atoms with Crippen molar-refractivity contribution in [2.75, 3.05) is 6.54 Å². The van der Waals surface area contributed by atoms with E-state index in [0.29, 0.717) is 0 Å². The van der Waals surface area contributed by atoms with E-state index in [0.717, 1.165) is 0 Å². The van der Waals surface area contributed by atoms with E-state index in [1.165, 1.54) is 24.3 Å². The van der Waals surface area contributed by atoms with Gasteiger partial charge >= 0.3 is 43.7 Å². The summed E-state index contributed by atoms with van der Waals surface area (Å²) in [7, 11) is 0. The van der Waals surface area contributed by atoms with Crippen LogP contribution in [0, 0.1) is 0 Å². The Kier molecular flexibility index (Phi) is 14.8. The minimum atomic E-state index is -1.13. The van der Waals surface area contributed by atoms with Crippen LogP contribution in [-0.4, -0.2) is 67.3 Å². The van der Waals surface area contributed by atoms with Gasteiger partial charge in [-0.2, -0.15) is 0 Å². The minimum absolute atomic E-state index is 0. The molecule has 2 aromatic carbocycles. The van der Waals surface area contributed by atoms with Gasteiger partial charge < -0.3 is 30.6 Å². The normalized spacial score (nSPS) is 8.21. The average Bonchev–Trinajstić information content (AvgIpc) is 2.57. The van der Waals surface area contributed by atoms with Crippen LogP contribution < -0.4 is 15.9 Å². The van der Waals surface area contributed by atoms with Crippen LogP contribution in [-0.2, 0) is 4.79 Å². The number of hydrogen-bond acceptors (Lipinski definition) is 6. The van der Waals surface area contributed by atoms with E-state index in [9.17, 15) is 24.6 Å². The summed E-state index contributed by atoms with van der Waals surface area (Å²) in [5.74, 6) is -3.23. The second kappa shape index (κ2) is 14.6. The molecule has 0 aliphatic carbocycles. The van der Waals surface area contributed by atoms with Crippen LogP contribution in [0.5, 0.6) is 0 Å². The number of carbonyl (C=O) groups excluding carboxylic acids is 2. The number of aliphatic carboxylic acids is 1. The summed E-state index contributed by atoms with van der Waals surface area (Å²) in [6.07, 6.45) is 0. The molecule has 0 fully saturated rings. The largest absolute Gasteiger partial charge is 2.00 e. The second-order valence-corrected chi connectivity index (χ2v) is 3.90. The maximum Gasteiger partial charge on any atom is 2.00 e. The quantitative estimate of drug-likeness (QED) is 0.653. The zero-order valence-corrected chi connectivity index (χ0v) is 15.0. The topological polar surface area (TPSA) is 144 Å². The van der Waals surface area contributed by atoms with E-state index >= 15 is 0 Å². The SMILES string of the molecule is NCC(=O)O.O=C([O-])c1ccccc1.O=C([O-])c1ccccc1.[Ca+2]. The van der Waals surface area contributed by atoms with Crippen LogP contribution in [0.15, 0.2) is 60.7 Å². The Morgan fingerprint density at radius 3 is 1.17 bits per heavy atom. The molecule has 8 heteroatoms. The fraction of sp³-hybridized carbons (Fsp3) is 0.0625. The van der Waals surface area contributed by atoms with Gasteiger partial charge in [-0.15, -0.1) is 0 Å². The van der Waals surface area contributed by atoms with Gasteiger partial charge in [-0.3, -0.25) is 4.79 Å². The molecule has 0 amide bonds. The van der Waals surface area contributed by atoms with Crippen LogP contribution >= 0.6 is 0 Å². The number of nitrogens with two attached hydrogens (primary N) is 1. The van der Waals surface area contributed by atoms with Crippen LogP contribution in [0.3, 0.4) is 0 Å². The van der Waals surface area contributed by atoms with E-state index in [1.54, 1.807) is 36.4 Å². The summed E-state index contributed by atoms with van der Waals surface area (Å²) < 4.78 is 0. The van der Waals surface area contributed by atoms with Crippen molar-refractivity contribution in [2.24, 2.45) is 5.73 Å². The molecular formula is C16H15CaNO6. The molecule has 3 N–H and O–H groups in total. The molecule has 0 saturated heterocycles. The maximum atomic E-state index is 10.1. The number of benzene rings is 2. The van der Waals surface area contributed by atoms with E-state index in [4.69, 9.17) is 5.11 Å². The smallest absolute Gasteiger partial charge is 0.545 e. The van der Waals surface area contributed by atoms with Gasteiger partial charge in [-0.25, -0.2) is 0 Å². The molecule has 7 nitrogen and oxygen atoms in total. The summed E-state index contributed by atoms with van der Waals surface area (Å²) in [5.41, 5.74) is 5.01. The van der Waals surface area contributed by atoms with E-state index in [2.05, 4.69) is 5.73 Å². The zero-order chi connectivity index (χ0) is 17.7. The number of carboxylic acid groups (broad SMARTS) is 3. The number of rotatable bonds is 3. The summed E-state index contributed by atoms with van der Waals surface area (Å²) in [6.45, 7) is -0.278. The molecule has 0 aliphatic heterocycles. The van der Waals surface area contributed by atoms with Crippen LogP contribution in [0.25, 0.3) is 0 Å². The third-order valence-corrected chi connectivity index (χ3v) is 2.19. The van der Waals surface area contributed by atoms with Crippen LogP contribution in [0.1, 0.15) is 20.7 Å². The molecule has 0 saturated carbocycles. The Hall–Kier alpha value is -1.93. The monoisotopic (exact) mass is 357 g/mol. The van der Waals surface area contributed by atoms with Crippen LogP contribution in [0.2, 0.25) is 0 Å². The predicted octanol–water partition coefficient (Wildman–Crippen LogP) is -1.25. The molecule has 0 spiro atoms. The minimum Gasteiger partial charge on any atom is -0.545 e. The van der Waals surface area contributed by atoms with E-state index < -0.39 is 17.9 Å². The Labute approximate surface area is 168 Å². The van der Waals surface area contributed by atoms with Gasteiger partial charge in [0.25, 0.3) is 0 Å². The molecule has 0 aromatic heterocycles. The van der Waals surface area contributed by atoms with E-state index in [1.807, 2.05) is 0 Å². The molecule has 0 atom stereocenters. The van der Waals surface area contributed by atoms with Crippen LogP contribution in [0.4, 0.5) is 0 Å². The number of carbonyl (C=O) groups is 3. The summed E-state index contributed by atoms with van der Waals surface area (Å²) in [6, 6.07) is 16.1. The van der Waals surface area contributed by atoms with Gasteiger partial charge in [0.05, 0.1) is 18.5 Å². The summed E-state index contributed by atoms with van der Waals surface area (Å²) >= 11 is 0. The van der Waals surface area contributed by atoms with Gasteiger partial charge in [0.15, 0.2) is 0 Å². The molecule has 24 heavy (non-hydrogen) atoms. The molecule has 0 aliphatic rings. The van der Waals surface area contributed by atoms with Gasteiger partial charge in [-0.05, 0) is 11.1 Å². The van der Waals surface area contributed by atoms with Crippen molar-refractivity contribution in [2.45, 2.75) is 0 Å². The summed E-state index contributed by atoms with van der Waals surface area (Å²) in [4.78, 5) is 29.4. The van der Waals surface area contributed by atoms with Crippen molar-refractivity contribution in [3.63, 3.8) is 0 Å². The van der Waals surface area contributed by atoms with Gasteiger partial charge in [0, 0.05) is 0 Å². The standard InChI is InChI=1S/2C7H6O2.C2H5NO2.Ca/c2*8-7(9)6-4-2-1-3-5-6;3-1-2(4)5;/h2*1-5H,(H,8,9);1,3H2,(H,4,5);/q;;;+2/p-2. The number of carboxylic acids is 3. The molecule has 0 unspecified atom stereocenters. The number of aromatic carboxylic acids is 2. The molecule has 0 radical (unpaired) electrons. The first-order valence-corrected chi connectivity index (χ1v) is 6.33. The van der Waals surface area contributed by atoms with E-state index in [-0.39, 0.29) is 55.4 Å². The molecular weight excluding hydrogens is 342 g/mol. The van der Waals surface area contributed by atoms with Crippen molar-refractivity contribution in [1.29, 1.82) is 0 Å². The first-order valence-electron chi connectivity index (χ1n) is 6.33.